The fraction of sp³-hybridized carbons (Fsp3) is 0.667. The second-order valence-corrected chi connectivity index (χ2v) is 3.15. The van der Waals surface area contributed by atoms with Gasteiger partial charge in [-0.15, -0.1) is 0 Å². The molecule has 0 rings (SSSR count). The first kappa shape index (κ1) is 10.2. The van der Waals surface area contributed by atoms with E-state index in [0.29, 0.717) is 6.61 Å². The van der Waals surface area contributed by atoms with Gasteiger partial charge in [-0.2, -0.15) is 0 Å². The third-order valence-electron chi connectivity index (χ3n) is 0.825. The number of Topliss-reactive ketones (excluding diaryl/α,β-unsaturated/α-hetero) is 1. The molecule has 0 N–H and O–H groups in total. The van der Waals surface area contributed by atoms with Gasteiger partial charge in [-0.3, -0.25) is 0 Å². The van der Waals surface area contributed by atoms with Crippen molar-refractivity contribution in [3.05, 3.63) is 0 Å². The van der Waals surface area contributed by atoms with Crippen LogP contribution in [0.4, 0.5) is 0 Å². The minimum atomic E-state index is -0.122. The van der Waals surface area contributed by atoms with Crippen molar-refractivity contribution < 1.29 is 39.0 Å². The molecule has 0 heterocycles. The fourth-order valence-electron chi connectivity index (χ4n) is 0.446. The zero-order valence-electron chi connectivity index (χ0n) is 5.85. The number of carbonyl (C=O) groups excluding carboxylic acids is 2. The molecule has 0 aliphatic rings. The molecule has 0 spiro atoms. The average Bonchev–Trinajstić information content (AvgIpc) is 1.82. The quantitative estimate of drug-likeness (QED) is 0.615. The zero-order valence-corrected chi connectivity index (χ0v) is 8.30. The van der Waals surface area contributed by atoms with Gasteiger partial charge in [-0.1, -0.05) is 0 Å². The summed E-state index contributed by atoms with van der Waals surface area (Å²) >= 11 is 0.788. The van der Waals surface area contributed by atoms with E-state index in [1.807, 2.05) is 6.92 Å². The van der Waals surface area contributed by atoms with Crippen molar-refractivity contribution in [2.75, 3.05) is 13.2 Å². The topological polar surface area (TPSA) is 43.4 Å². The van der Waals surface area contributed by atoms with E-state index in [-0.39, 0.29) is 22.3 Å². The van der Waals surface area contributed by atoms with Crippen molar-refractivity contribution in [1.82, 2.24) is 0 Å². The number of ketones is 1. The maximum absolute atomic E-state index is 10.7. The predicted octanol–water partition coefficient (Wildman–Crippen LogP) is 0.0555. The second kappa shape index (κ2) is 5.93. The van der Waals surface area contributed by atoms with Crippen LogP contribution in [-0.4, -0.2) is 22.5 Å². The van der Waals surface area contributed by atoms with E-state index >= 15 is 0 Å². The summed E-state index contributed by atoms with van der Waals surface area (Å²) in [6, 6.07) is 0. The van der Waals surface area contributed by atoms with Crippen molar-refractivity contribution in [2.45, 2.75) is 13.3 Å². The zero-order chi connectivity index (χ0) is 7.98. The Morgan fingerprint density at radius 2 is 2.10 bits per heavy atom. The Balaban J connectivity index is 3.35. The van der Waals surface area contributed by atoms with Gasteiger partial charge in [-0.25, -0.2) is 0 Å². The van der Waals surface area contributed by atoms with E-state index in [2.05, 4.69) is 0 Å². The first-order chi connectivity index (χ1) is 4.66. The van der Waals surface area contributed by atoms with E-state index in [1.165, 1.54) is 0 Å². The van der Waals surface area contributed by atoms with Crippen LogP contribution in [0.5, 0.6) is 0 Å². The molecule has 55 valence electrons. The molecule has 10 heavy (non-hydrogen) atoms. The van der Waals surface area contributed by atoms with Crippen LogP contribution >= 0.6 is 0 Å². The summed E-state index contributed by atoms with van der Waals surface area (Å²) in [6.07, 6.45) is 0.0400. The number of rotatable bonds is 5. The molecule has 0 aromatic rings. The SMILES string of the molecule is CCOCC(=O)C[C](=O)[Zr]. The van der Waals surface area contributed by atoms with Gasteiger partial charge in [0.05, 0.1) is 0 Å². The average molecular weight is 220 g/mol. The molecular formula is C6H9O3Zr. The normalized spacial score (nSPS) is 9.20. The Morgan fingerprint density at radius 1 is 1.50 bits per heavy atom. The third-order valence-corrected chi connectivity index (χ3v) is 1.26. The molecule has 4 heteroatoms. The molecule has 0 saturated heterocycles. The standard InChI is InChI=1S/C6H9O3.Zr/c1-2-9-5-6(8)3-4-7;/h2-3,5H2,1H3;. The van der Waals surface area contributed by atoms with Crippen LogP contribution in [0, 0.1) is 0 Å². The Morgan fingerprint density at radius 3 is 2.50 bits per heavy atom. The summed E-state index contributed by atoms with van der Waals surface area (Å²) in [5.41, 5.74) is 0. The molecule has 0 aliphatic carbocycles. The third kappa shape index (κ3) is 6.31. The van der Waals surface area contributed by atoms with E-state index in [1.54, 1.807) is 0 Å². The number of hydrogen-bond donors (Lipinski definition) is 0. The molecule has 0 aliphatic heterocycles. The van der Waals surface area contributed by atoms with Crippen LogP contribution in [0.1, 0.15) is 13.3 Å². The van der Waals surface area contributed by atoms with Gasteiger partial charge in [-0.05, 0) is 0 Å². The van der Waals surface area contributed by atoms with Gasteiger partial charge >= 0.3 is 74.9 Å². The molecule has 0 aromatic carbocycles. The molecule has 0 unspecified atom stereocenters. The van der Waals surface area contributed by atoms with Gasteiger partial charge in [0.2, 0.25) is 0 Å². The summed E-state index contributed by atoms with van der Waals surface area (Å²) in [4.78, 5) is 21.1. The number of carbonyl (C=O) groups is 2. The summed E-state index contributed by atoms with van der Waals surface area (Å²) < 4.78 is 4.79. The van der Waals surface area contributed by atoms with E-state index in [0.717, 1.165) is 24.7 Å². The molecule has 0 aromatic heterocycles. The fourth-order valence-corrected chi connectivity index (χ4v) is 0.931. The van der Waals surface area contributed by atoms with Crippen LogP contribution in [0.3, 0.4) is 0 Å². The monoisotopic (exact) mass is 219 g/mol. The van der Waals surface area contributed by atoms with Crippen molar-refractivity contribution in [2.24, 2.45) is 0 Å². The van der Waals surface area contributed by atoms with E-state index < -0.39 is 0 Å². The predicted molar refractivity (Wildman–Crippen MR) is 31.1 cm³/mol. The van der Waals surface area contributed by atoms with Gasteiger partial charge in [0, 0.05) is 0 Å². The molecule has 0 bridgehead atoms. The van der Waals surface area contributed by atoms with Gasteiger partial charge in [0.15, 0.2) is 0 Å². The summed E-state index contributed by atoms with van der Waals surface area (Å²) in [5.74, 6) is -0.122. The van der Waals surface area contributed by atoms with Gasteiger partial charge in [0.25, 0.3) is 0 Å². The minimum absolute atomic E-state index is 0.0168. The maximum atomic E-state index is 10.7. The first-order valence-electron chi connectivity index (χ1n) is 3.00. The Hall–Kier alpha value is 0.183. The van der Waals surface area contributed by atoms with Crippen molar-refractivity contribution in [1.29, 1.82) is 0 Å². The van der Waals surface area contributed by atoms with Gasteiger partial charge in [0.1, 0.15) is 0 Å². The molecule has 0 atom stereocenters. The summed E-state index contributed by atoms with van der Waals surface area (Å²) in [7, 11) is 0. The number of hydrogen-bond acceptors (Lipinski definition) is 3. The Labute approximate surface area is 75.0 Å². The Bertz CT molecular complexity index is 133. The molecule has 0 radical (unpaired) electrons. The molecule has 3 nitrogen and oxygen atoms in total. The number of ether oxygens (including phenoxy) is 1. The second-order valence-electron chi connectivity index (χ2n) is 1.78. The van der Waals surface area contributed by atoms with Crippen LogP contribution < -0.4 is 0 Å². The van der Waals surface area contributed by atoms with Crippen molar-refractivity contribution >= 4 is 9.27 Å². The molecular weight excluding hydrogens is 211 g/mol. The summed E-state index contributed by atoms with van der Waals surface area (Å²) in [5, 5.41) is 0. The van der Waals surface area contributed by atoms with E-state index in [4.69, 9.17) is 4.74 Å². The van der Waals surface area contributed by atoms with Crippen LogP contribution in [0.2, 0.25) is 0 Å². The van der Waals surface area contributed by atoms with Crippen molar-refractivity contribution in [3.63, 3.8) is 0 Å². The van der Waals surface area contributed by atoms with Crippen LogP contribution in [0.25, 0.3) is 0 Å². The van der Waals surface area contributed by atoms with Crippen molar-refractivity contribution in [3.8, 4) is 0 Å². The van der Waals surface area contributed by atoms with Crippen LogP contribution in [0.15, 0.2) is 0 Å². The van der Waals surface area contributed by atoms with Crippen LogP contribution in [-0.2, 0) is 39.0 Å². The summed E-state index contributed by atoms with van der Waals surface area (Å²) in [6.45, 7) is 2.42. The van der Waals surface area contributed by atoms with E-state index in [9.17, 15) is 9.59 Å². The van der Waals surface area contributed by atoms with Gasteiger partial charge < -0.3 is 0 Å². The molecule has 0 saturated carbocycles. The molecule has 0 fully saturated rings. The Kier molecular flexibility index (Phi) is 6.04. The first-order valence-corrected chi connectivity index (χ1v) is 4.23. The molecule has 0 amide bonds.